The second-order valence-electron chi connectivity index (χ2n) is 7.00. The molecule has 0 bridgehead atoms. The Labute approximate surface area is 183 Å². The topological polar surface area (TPSA) is 183 Å². The van der Waals surface area contributed by atoms with E-state index in [-0.39, 0.29) is 17.2 Å². The van der Waals surface area contributed by atoms with E-state index in [1.165, 1.54) is 30.3 Å². The van der Waals surface area contributed by atoms with Gasteiger partial charge in [-0.2, -0.15) is 8.42 Å². The molecule has 5 atom stereocenters. The first-order valence-corrected chi connectivity index (χ1v) is 10.7. The van der Waals surface area contributed by atoms with Crippen LogP contribution >= 0.6 is 0 Å². The summed E-state index contributed by atoms with van der Waals surface area (Å²) in [5.74, 6) is -0.0652. The number of aliphatic hydroxyl groups is 3. The summed E-state index contributed by atoms with van der Waals surface area (Å²) >= 11 is 0. The van der Waals surface area contributed by atoms with Crippen LogP contribution in [-0.2, 0) is 19.3 Å². The van der Waals surface area contributed by atoms with Gasteiger partial charge in [0.2, 0.25) is 6.29 Å². The van der Waals surface area contributed by atoms with E-state index < -0.39 is 47.7 Å². The highest BCUT2D eigenvalue weighted by Crippen LogP contribution is 2.30. The monoisotopic (exact) mass is 470 g/mol. The number of ether oxygens (including phenoxy) is 2. The molecule has 11 nitrogen and oxygen atoms in total. The van der Waals surface area contributed by atoms with E-state index >= 15 is 0 Å². The molecule has 0 aromatic heterocycles. The highest BCUT2D eigenvalue weighted by atomic mass is 32.3. The molecule has 1 aliphatic rings. The minimum Gasteiger partial charge on any atom is -0.508 e. The van der Waals surface area contributed by atoms with E-state index in [0.29, 0.717) is 5.56 Å². The van der Waals surface area contributed by atoms with Gasteiger partial charge in [0.15, 0.2) is 0 Å². The van der Waals surface area contributed by atoms with Crippen LogP contribution in [0.5, 0.6) is 17.2 Å². The van der Waals surface area contributed by atoms with Gasteiger partial charge < -0.3 is 35.0 Å². The number of phenols is 2. The highest BCUT2D eigenvalue weighted by molar-refractivity contribution is 7.80. The zero-order valence-corrected chi connectivity index (χ0v) is 17.2. The molecule has 0 unspecified atom stereocenters. The van der Waals surface area contributed by atoms with Gasteiger partial charge in [-0.3, -0.25) is 4.55 Å². The maximum absolute atomic E-state index is 11.1. The van der Waals surface area contributed by atoms with Crippen LogP contribution in [0.2, 0.25) is 0 Å². The number of hydrogen-bond donors (Lipinski definition) is 6. The van der Waals surface area contributed by atoms with Crippen LogP contribution in [0.25, 0.3) is 12.2 Å². The number of aliphatic hydroxyl groups excluding tert-OH is 3. The summed E-state index contributed by atoms with van der Waals surface area (Å²) in [5.41, 5.74) is 1.26. The van der Waals surface area contributed by atoms with Gasteiger partial charge in [0.05, 0.1) is 6.61 Å². The normalized spacial score (nSPS) is 26.3. The zero-order valence-electron chi connectivity index (χ0n) is 16.4. The molecular formula is C20H22O11S. The van der Waals surface area contributed by atoms with Gasteiger partial charge in [-0.1, -0.05) is 24.3 Å². The summed E-state index contributed by atoms with van der Waals surface area (Å²) in [5, 5.41) is 49.1. The lowest BCUT2D eigenvalue weighted by molar-refractivity contribution is -0.272. The lowest BCUT2D eigenvalue weighted by Crippen LogP contribution is -2.61. The van der Waals surface area contributed by atoms with Crippen molar-refractivity contribution in [1.29, 1.82) is 0 Å². The summed E-state index contributed by atoms with van der Waals surface area (Å²) in [7, 11) is -5.04. The molecule has 0 spiro atoms. The fourth-order valence-corrected chi connectivity index (χ4v) is 3.60. The molecule has 1 fully saturated rings. The fraction of sp³-hybridized carbons (Fsp3) is 0.300. The van der Waals surface area contributed by atoms with Crippen LogP contribution in [-0.4, -0.2) is 75.8 Å². The first kappa shape index (κ1) is 23.9. The third-order valence-corrected chi connectivity index (χ3v) is 5.05. The van der Waals surface area contributed by atoms with Crippen LogP contribution in [0, 0.1) is 0 Å². The predicted molar refractivity (Wildman–Crippen MR) is 110 cm³/mol. The Morgan fingerprint density at radius 1 is 0.938 bits per heavy atom. The van der Waals surface area contributed by atoms with E-state index in [9.17, 15) is 34.0 Å². The molecule has 2 aromatic carbocycles. The molecule has 32 heavy (non-hydrogen) atoms. The van der Waals surface area contributed by atoms with Crippen molar-refractivity contribution in [3.63, 3.8) is 0 Å². The molecule has 0 amide bonds. The van der Waals surface area contributed by atoms with Crippen molar-refractivity contribution < 1.29 is 52.2 Å². The van der Waals surface area contributed by atoms with Gasteiger partial charge in [0.1, 0.15) is 41.7 Å². The predicted octanol–water partition coefficient (Wildman–Crippen LogP) is 0.274. The van der Waals surface area contributed by atoms with Crippen LogP contribution in [0.3, 0.4) is 0 Å². The molecule has 6 N–H and O–H groups in total. The lowest BCUT2D eigenvalue weighted by atomic mass is 9.99. The SMILES string of the molecule is O=S(=O)(O)O[C@@H]1[C@@H](O)[C@H](Oc2cc(O)cc(/C=C\c3ccc(O)cc3)c2)O[C@H](CO)[C@H]1O. The van der Waals surface area contributed by atoms with Crippen molar-refractivity contribution in [2.75, 3.05) is 6.61 Å². The van der Waals surface area contributed by atoms with Crippen molar-refractivity contribution in [3.8, 4) is 17.2 Å². The second kappa shape index (κ2) is 9.83. The second-order valence-corrected chi connectivity index (χ2v) is 8.05. The number of phenolic OH excluding ortho intramolecular Hbond substituents is 2. The summed E-state index contributed by atoms with van der Waals surface area (Å²) in [6.45, 7) is -0.764. The van der Waals surface area contributed by atoms with Gasteiger partial charge in [-0.15, -0.1) is 0 Å². The van der Waals surface area contributed by atoms with Crippen LogP contribution in [0.1, 0.15) is 11.1 Å². The summed E-state index contributed by atoms with van der Waals surface area (Å²) in [6.07, 6.45) is -5.20. The van der Waals surface area contributed by atoms with E-state index in [1.807, 2.05) is 0 Å². The van der Waals surface area contributed by atoms with E-state index in [2.05, 4.69) is 4.18 Å². The molecule has 1 aliphatic heterocycles. The van der Waals surface area contributed by atoms with Crippen molar-refractivity contribution in [2.45, 2.75) is 30.7 Å². The Morgan fingerprint density at radius 3 is 2.22 bits per heavy atom. The number of benzene rings is 2. The summed E-state index contributed by atoms with van der Waals surface area (Å²) < 4.78 is 46.1. The average Bonchev–Trinajstić information content (AvgIpc) is 2.72. The van der Waals surface area contributed by atoms with Gasteiger partial charge in [0.25, 0.3) is 0 Å². The largest absolute Gasteiger partial charge is 0.508 e. The quantitative estimate of drug-likeness (QED) is 0.241. The Bertz CT molecular complexity index is 1050. The van der Waals surface area contributed by atoms with Crippen molar-refractivity contribution in [1.82, 2.24) is 0 Å². The van der Waals surface area contributed by atoms with Crippen LogP contribution in [0.4, 0.5) is 0 Å². The minimum absolute atomic E-state index is 0.0121. The molecule has 1 saturated heterocycles. The summed E-state index contributed by atoms with van der Waals surface area (Å²) in [6, 6.07) is 10.5. The van der Waals surface area contributed by atoms with Gasteiger partial charge in [0, 0.05) is 6.07 Å². The zero-order chi connectivity index (χ0) is 23.5. The highest BCUT2D eigenvalue weighted by Gasteiger charge is 2.48. The average molecular weight is 470 g/mol. The molecule has 0 aliphatic carbocycles. The van der Waals surface area contributed by atoms with E-state index in [4.69, 9.17) is 14.0 Å². The molecule has 0 saturated carbocycles. The number of aromatic hydroxyl groups is 2. The van der Waals surface area contributed by atoms with Gasteiger partial charge in [-0.05, 0) is 35.4 Å². The molecule has 1 heterocycles. The smallest absolute Gasteiger partial charge is 0.397 e. The van der Waals surface area contributed by atoms with Crippen molar-refractivity contribution in [3.05, 3.63) is 53.6 Å². The maximum atomic E-state index is 11.1. The molecule has 2 aromatic rings. The Balaban J connectivity index is 1.81. The Hall–Kier alpha value is -2.71. The molecule has 12 heteroatoms. The third kappa shape index (κ3) is 6.17. The molecule has 174 valence electrons. The lowest BCUT2D eigenvalue weighted by Gasteiger charge is -2.40. The van der Waals surface area contributed by atoms with Crippen molar-refractivity contribution in [2.24, 2.45) is 0 Å². The first-order valence-electron chi connectivity index (χ1n) is 9.32. The van der Waals surface area contributed by atoms with Gasteiger partial charge >= 0.3 is 10.4 Å². The Kier molecular flexibility index (Phi) is 7.36. The fourth-order valence-electron chi connectivity index (χ4n) is 3.09. The van der Waals surface area contributed by atoms with E-state index in [1.54, 1.807) is 24.3 Å². The summed E-state index contributed by atoms with van der Waals surface area (Å²) in [4.78, 5) is 0. The third-order valence-electron chi connectivity index (χ3n) is 4.58. The van der Waals surface area contributed by atoms with Crippen molar-refractivity contribution >= 4 is 22.6 Å². The molecule has 3 rings (SSSR count). The minimum atomic E-state index is -5.04. The molecule has 0 radical (unpaired) electrons. The number of hydrogen-bond acceptors (Lipinski definition) is 10. The van der Waals surface area contributed by atoms with Crippen LogP contribution in [0.15, 0.2) is 42.5 Å². The first-order chi connectivity index (χ1) is 15.1. The maximum Gasteiger partial charge on any atom is 0.397 e. The van der Waals surface area contributed by atoms with Crippen LogP contribution < -0.4 is 4.74 Å². The molecular weight excluding hydrogens is 448 g/mol. The van der Waals surface area contributed by atoms with E-state index in [0.717, 1.165) is 5.56 Å². The number of rotatable bonds is 7. The van der Waals surface area contributed by atoms with Gasteiger partial charge in [-0.25, -0.2) is 4.18 Å². The standard InChI is InChI=1S/C20H22O11S/c21-10-16-17(24)19(31-32(26,27)28)18(25)20(30-16)29-15-8-12(7-14(23)9-15)2-1-11-3-5-13(22)6-4-11/h1-9,16-25H,10H2,(H,26,27,28)/b2-1-/t16-,17-,18-,19+,20-/m1/s1. The Morgan fingerprint density at radius 2 is 1.59 bits per heavy atom.